The van der Waals surface area contributed by atoms with Gasteiger partial charge < -0.3 is 20.5 Å². The molecule has 0 aliphatic rings. The van der Waals surface area contributed by atoms with Gasteiger partial charge in [0.2, 0.25) is 0 Å². The van der Waals surface area contributed by atoms with E-state index in [0.717, 1.165) is 12.1 Å². The van der Waals surface area contributed by atoms with Gasteiger partial charge in [-0.3, -0.25) is 0 Å². The van der Waals surface area contributed by atoms with Gasteiger partial charge in [-0.15, -0.1) is 24.0 Å². The number of guanidine groups is 1. The summed E-state index contributed by atoms with van der Waals surface area (Å²) < 4.78 is 48.2. The van der Waals surface area contributed by atoms with Crippen molar-refractivity contribution in [1.29, 1.82) is 0 Å². The Kier molecular flexibility index (Phi) is 8.97. The van der Waals surface area contributed by atoms with E-state index in [-0.39, 0.29) is 48.8 Å². The Morgan fingerprint density at radius 2 is 1.96 bits per heavy atom. The van der Waals surface area contributed by atoms with Gasteiger partial charge >= 0.3 is 6.18 Å². The van der Waals surface area contributed by atoms with Crippen molar-refractivity contribution in [2.75, 3.05) is 25.6 Å². The topological polar surface area (TPSA) is 68.9 Å². The van der Waals surface area contributed by atoms with E-state index < -0.39 is 11.7 Å². The maximum absolute atomic E-state index is 12.6. The molecule has 0 spiro atoms. The van der Waals surface area contributed by atoms with E-state index in [9.17, 15) is 13.2 Å². The smallest absolute Gasteiger partial charge is 0.416 e. The Morgan fingerprint density at radius 1 is 1.22 bits per heavy atom. The zero-order valence-electron chi connectivity index (χ0n) is 14.2. The summed E-state index contributed by atoms with van der Waals surface area (Å²) in [5.41, 5.74) is 5.60. The summed E-state index contributed by atoms with van der Waals surface area (Å²) in [6, 6.07) is 9.66. The van der Waals surface area contributed by atoms with Crippen LogP contribution < -0.4 is 20.5 Å². The maximum Gasteiger partial charge on any atom is 0.416 e. The van der Waals surface area contributed by atoms with E-state index >= 15 is 0 Å². The fourth-order valence-electron chi connectivity index (χ4n) is 2.02. The number of hydrogen-bond donors (Lipinski definition) is 2. The summed E-state index contributed by atoms with van der Waals surface area (Å²) in [4.78, 5) is 4.04. The molecule has 0 amide bonds. The molecule has 10 heteroatoms. The van der Waals surface area contributed by atoms with Gasteiger partial charge in [-0.25, -0.2) is 4.99 Å². The van der Waals surface area contributed by atoms with Gasteiger partial charge in [-0.1, -0.05) is 17.7 Å². The number of nitrogens with one attached hydrogen (secondary N) is 1. The summed E-state index contributed by atoms with van der Waals surface area (Å²) in [6.45, 7) is 0.242. The summed E-state index contributed by atoms with van der Waals surface area (Å²) >= 11 is 6.01. The first-order valence-electron chi connectivity index (χ1n) is 7.50. The van der Waals surface area contributed by atoms with Crippen molar-refractivity contribution in [2.24, 2.45) is 10.7 Å². The molecule has 0 heterocycles. The Hall–Kier alpha value is -1.88. The summed E-state index contributed by atoms with van der Waals surface area (Å²) in [5, 5.41) is 3.26. The number of ether oxygens (including phenoxy) is 2. The third kappa shape index (κ3) is 7.33. The van der Waals surface area contributed by atoms with Gasteiger partial charge in [-0.2, -0.15) is 13.2 Å². The summed E-state index contributed by atoms with van der Waals surface area (Å²) in [7, 11) is 1.51. The van der Waals surface area contributed by atoms with Crippen LogP contribution in [0.5, 0.6) is 11.5 Å². The highest BCUT2D eigenvalue weighted by Crippen LogP contribution is 2.31. The number of alkyl halides is 3. The van der Waals surface area contributed by atoms with Gasteiger partial charge in [0.15, 0.2) is 5.96 Å². The molecular formula is C17H18ClF3IN3O2. The maximum atomic E-state index is 12.6. The predicted octanol–water partition coefficient (Wildman–Crippen LogP) is 4.79. The standard InChI is InChI=1S/C17H17ClF3N3O2.HI/c1-25-15-6-5-12(10-14(15)18)24-16(22)23-7-8-26-13-4-2-3-11(9-13)17(19,20)21;/h2-6,9-10H,7-8H2,1H3,(H3,22,23,24);1H. The second kappa shape index (κ2) is 10.5. The van der Waals surface area contributed by atoms with Crippen molar-refractivity contribution in [3.63, 3.8) is 0 Å². The molecule has 0 saturated heterocycles. The fraction of sp³-hybridized carbons (Fsp3) is 0.235. The van der Waals surface area contributed by atoms with Crippen molar-refractivity contribution >= 4 is 47.2 Å². The van der Waals surface area contributed by atoms with E-state index in [4.69, 9.17) is 26.8 Å². The number of aliphatic imine (C=N–C) groups is 1. The number of nitrogens with two attached hydrogens (primary N) is 1. The molecule has 0 saturated carbocycles. The van der Waals surface area contributed by atoms with Crippen LogP contribution in [0, 0.1) is 0 Å². The Labute approximate surface area is 176 Å². The zero-order chi connectivity index (χ0) is 19.2. The Balaban J connectivity index is 0.00000364. The lowest BCUT2D eigenvalue weighted by atomic mass is 10.2. The molecule has 0 atom stereocenters. The summed E-state index contributed by atoms with van der Waals surface area (Å²) in [5.74, 6) is 0.768. The number of methoxy groups -OCH3 is 1. The number of rotatable bonds is 6. The van der Waals surface area contributed by atoms with Gasteiger partial charge in [-0.05, 0) is 36.4 Å². The van der Waals surface area contributed by atoms with E-state index in [1.54, 1.807) is 18.2 Å². The molecule has 0 aliphatic heterocycles. The number of hydrogen-bond acceptors (Lipinski definition) is 3. The Bertz CT molecular complexity index is 788. The monoisotopic (exact) mass is 515 g/mol. The van der Waals surface area contributed by atoms with E-state index in [2.05, 4.69) is 10.3 Å². The van der Waals surface area contributed by atoms with Crippen molar-refractivity contribution < 1.29 is 22.6 Å². The second-order valence-corrected chi connectivity index (χ2v) is 5.52. The molecule has 148 valence electrons. The lowest BCUT2D eigenvalue weighted by molar-refractivity contribution is -0.137. The van der Waals surface area contributed by atoms with Crippen LogP contribution in [-0.4, -0.2) is 26.2 Å². The molecule has 2 aromatic carbocycles. The van der Waals surface area contributed by atoms with Gasteiger partial charge in [0.1, 0.15) is 18.1 Å². The highest BCUT2D eigenvalue weighted by Gasteiger charge is 2.30. The molecular weight excluding hydrogens is 498 g/mol. The fourth-order valence-corrected chi connectivity index (χ4v) is 2.28. The minimum absolute atomic E-state index is 0. The quantitative estimate of drug-likeness (QED) is 0.251. The van der Waals surface area contributed by atoms with Crippen LogP contribution in [0.2, 0.25) is 5.02 Å². The van der Waals surface area contributed by atoms with E-state index in [1.807, 2.05) is 0 Å². The number of benzene rings is 2. The first-order chi connectivity index (χ1) is 12.3. The number of anilines is 1. The first-order valence-corrected chi connectivity index (χ1v) is 7.88. The average molecular weight is 516 g/mol. The van der Waals surface area contributed by atoms with Crippen LogP contribution in [0.25, 0.3) is 0 Å². The van der Waals surface area contributed by atoms with E-state index in [1.165, 1.54) is 19.2 Å². The first kappa shape index (κ1) is 23.2. The molecule has 0 aromatic heterocycles. The normalized spacial score (nSPS) is 11.5. The van der Waals surface area contributed by atoms with Crippen molar-refractivity contribution in [3.05, 3.63) is 53.1 Å². The average Bonchev–Trinajstić information content (AvgIpc) is 2.58. The van der Waals surface area contributed by atoms with Crippen LogP contribution in [0.3, 0.4) is 0 Å². The highest BCUT2D eigenvalue weighted by atomic mass is 127. The van der Waals surface area contributed by atoms with Gasteiger partial charge in [0, 0.05) is 5.69 Å². The molecule has 27 heavy (non-hydrogen) atoms. The molecule has 5 nitrogen and oxygen atoms in total. The van der Waals surface area contributed by atoms with E-state index in [0.29, 0.717) is 16.5 Å². The lowest BCUT2D eigenvalue weighted by Gasteiger charge is -2.10. The molecule has 2 aromatic rings. The third-order valence-electron chi connectivity index (χ3n) is 3.23. The van der Waals surface area contributed by atoms with Crippen molar-refractivity contribution in [2.45, 2.75) is 6.18 Å². The van der Waals surface area contributed by atoms with Crippen LogP contribution in [-0.2, 0) is 6.18 Å². The highest BCUT2D eigenvalue weighted by molar-refractivity contribution is 14.0. The molecule has 2 rings (SSSR count). The summed E-state index contributed by atoms with van der Waals surface area (Å²) in [6.07, 6.45) is -4.41. The zero-order valence-corrected chi connectivity index (χ0v) is 17.3. The van der Waals surface area contributed by atoms with Crippen molar-refractivity contribution in [1.82, 2.24) is 0 Å². The minimum atomic E-state index is -4.41. The van der Waals surface area contributed by atoms with Crippen LogP contribution in [0.15, 0.2) is 47.5 Å². The number of halogens is 5. The molecule has 0 unspecified atom stereocenters. The molecule has 0 fully saturated rings. The molecule has 0 aliphatic carbocycles. The minimum Gasteiger partial charge on any atom is -0.495 e. The SMILES string of the molecule is COc1ccc(NC(N)=NCCOc2cccc(C(F)(F)F)c2)cc1Cl.I. The molecule has 0 bridgehead atoms. The molecule has 3 N–H and O–H groups in total. The van der Waals surface area contributed by atoms with Crippen LogP contribution in [0.4, 0.5) is 18.9 Å². The second-order valence-electron chi connectivity index (χ2n) is 5.12. The molecule has 0 radical (unpaired) electrons. The van der Waals surface area contributed by atoms with Crippen molar-refractivity contribution in [3.8, 4) is 11.5 Å². The van der Waals surface area contributed by atoms with Crippen LogP contribution >= 0.6 is 35.6 Å². The third-order valence-corrected chi connectivity index (χ3v) is 3.52. The van der Waals surface area contributed by atoms with Gasteiger partial charge in [0.05, 0.1) is 24.2 Å². The van der Waals surface area contributed by atoms with Crippen LogP contribution in [0.1, 0.15) is 5.56 Å². The Morgan fingerprint density at radius 3 is 2.59 bits per heavy atom. The number of nitrogens with zero attached hydrogens (tertiary/aromatic N) is 1. The van der Waals surface area contributed by atoms with Gasteiger partial charge in [0.25, 0.3) is 0 Å². The largest absolute Gasteiger partial charge is 0.495 e. The lowest BCUT2D eigenvalue weighted by Crippen LogP contribution is -2.23. The predicted molar refractivity (Wildman–Crippen MR) is 110 cm³/mol.